The molecule has 3 heterocycles. The molecule has 1 atom stereocenters. The Morgan fingerprint density at radius 2 is 1.81 bits per heavy atom. The summed E-state index contributed by atoms with van der Waals surface area (Å²) < 4.78 is 1.69. The zero-order valence-corrected chi connectivity index (χ0v) is 20.3. The maximum atomic E-state index is 13.1. The normalized spacial score (nSPS) is 15.2. The molecule has 2 aromatic carbocycles. The molecule has 2 amide bonds. The summed E-state index contributed by atoms with van der Waals surface area (Å²) in [5.74, 6) is -0.171. The summed E-state index contributed by atoms with van der Waals surface area (Å²) in [4.78, 5) is 32.1. The number of hydrogen-bond acceptors (Lipinski definition) is 5. The highest BCUT2D eigenvalue weighted by molar-refractivity contribution is 6.00. The molecule has 8 heteroatoms. The fourth-order valence-electron chi connectivity index (χ4n) is 4.58. The number of rotatable bonds is 5. The van der Waals surface area contributed by atoms with Crippen LogP contribution in [0.25, 0.3) is 22.3 Å². The maximum absolute atomic E-state index is 13.1. The molecule has 5 rings (SSSR count). The van der Waals surface area contributed by atoms with Crippen LogP contribution < -0.4 is 11.1 Å². The molecule has 4 aromatic rings. The lowest BCUT2D eigenvalue weighted by atomic mass is 9.99. The molecule has 0 bridgehead atoms. The van der Waals surface area contributed by atoms with Gasteiger partial charge in [0.1, 0.15) is 5.82 Å². The van der Waals surface area contributed by atoms with E-state index in [0.29, 0.717) is 30.6 Å². The van der Waals surface area contributed by atoms with Crippen molar-refractivity contribution in [3.63, 3.8) is 0 Å². The third kappa shape index (κ3) is 4.70. The summed E-state index contributed by atoms with van der Waals surface area (Å²) in [6.45, 7) is 3.10. The van der Waals surface area contributed by atoms with Gasteiger partial charge in [0.25, 0.3) is 11.8 Å². The van der Waals surface area contributed by atoms with Crippen molar-refractivity contribution < 1.29 is 9.59 Å². The molecule has 0 radical (unpaired) electrons. The van der Waals surface area contributed by atoms with Crippen molar-refractivity contribution in [1.29, 1.82) is 0 Å². The molecular formula is C28H28N6O2. The smallest absolute Gasteiger partial charge is 0.255 e. The molecule has 0 aliphatic carbocycles. The number of nitrogens with one attached hydrogen (secondary N) is 1. The number of anilines is 1. The van der Waals surface area contributed by atoms with E-state index in [4.69, 9.17) is 5.73 Å². The minimum atomic E-state index is -0.298. The third-order valence-corrected chi connectivity index (χ3v) is 6.60. The Bertz CT molecular complexity index is 1430. The summed E-state index contributed by atoms with van der Waals surface area (Å²) in [5, 5.41) is 7.19. The van der Waals surface area contributed by atoms with Gasteiger partial charge in [0.2, 0.25) is 0 Å². The van der Waals surface area contributed by atoms with E-state index in [0.717, 1.165) is 22.3 Å². The number of aryl methyl sites for hydroxylation is 2. The van der Waals surface area contributed by atoms with Gasteiger partial charge in [-0.05, 0) is 48.2 Å². The topological polar surface area (TPSA) is 106 Å². The lowest BCUT2D eigenvalue weighted by molar-refractivity contribution is 0.0783. The number of likely N-dealkylation sites (tertiary alicyclic amines) is 1. The first-order chi connectivity index (χ1) is 17.4. The minimum Gasteiger partial charge on any atom is -0.383 e. The van der Waals surface area contributed by atoms with Gasteiger partial charge in [0.15, 0.2) is 0 Å². The van der Waals surface area contributed by atoms with Crippen molar-refractivity contribution in [3.8, 4) is 22.3 Å². The van der Waals surface area contributed by atoms with Crippen LogP contribution >= 0.6 is 0 Å². The molecule has 1 saturated heterocycles. The van der Waals surface area contributed by atoms with E-state index < -0.39 is 0 Å². The Hall–Kier alpha value is -4.46. The highest BCUT2D eigenvalue weighted by atomic mass is 16.2. The average molecular weight is 481 g/mol. The monoisotopic (exact) mass is 480 g/mol. The lowest BCUT2D eigenvalue weighted by Crippen LogP contribution is -2.38. The third-order valence-electron chi connectivity index (χ3n) is 6.60. The molecule has 3 N–H and O–H groups in total. The Kier molecular flexibility index (Phi) is 6.25. The fraction of sp³-hybridized carbons (Fsp3) is 0.214. The quantitative estimate of drug-likeness (QED) is 0.453. The average Bonchev–Trinajstić information content (AvgIpc) is 3.53. The second-order valence-electron chi connectivity index (χ2n) is 9.16. The van der Waals surface area contributed by atoms with E-state index in [9.17, 15) is 9.59 Å². The number of nitrogen functional groups attached to an aromatic ring is 1. The van der Waals surface area contributed by atoms with Crippen molar-refractivity contribution in [2.75, 3.05) is 18.8 Å². The molecule has 0 spiro atoms. The molecule has 1 fully saturated rings. The highest BCUT2D eigenvalue weighted by Gasteiger charge is 2.29. The van der Waals surface area contributed by atoms with Crippen LogP contribution in [0.5, 0.6) is 0 Å². The second kappa shape index (κ2) is 9.65. The molecule has 0 saturated carbocycles. The molecule has 1 aliphatic heterocycles. The lowest BCUT2D eigenvalue weighted by Gasteiger charge is -2.18. The van der Waals surface area contributed by atoms with Gasteiger partial charge in [-0.15, -0.1) is 0 Å². The first kappa shape index (κ1) is 23.3. The van der Waals surface area contributed by atoms with Gasteiger partial charge < -0.3 is 16.0 Å². The van der Waals surface area contributed by atoms with Crippen molar-refractivity contribution in [3.05, 3.63) is 89.9 Å². The molecule has 0 unspecified atom stereocenters. The maximum Gasteiger partial charge on any atom is 0.255 e. The Morgan fingerprint density at radius 3 is 2.53 bits per heavy atom. The number of hydrogen-bond donors (Lipinski definition) is 2. The van der Waals surface area contributed by atoms with E-state index in [2.05, 4.69) is 34.5 Å². The number of nitrogens with zero attached hydrogens (tertiary/aromatic N) is 4. The van der Waals surface area contributed by atoms with E-state index in [1.807, 2.05) is 49.6 Å². The largest absolute Gasteiger partial charge is 0.383 e. The van der Waals surface area contributed by atoms with Crippen LogP contribution in [0.3, 0.4) is 0 Å². The van der Waals surface area contributed by atoms with E-state index >= 15 is 0 Å². The number of pyridine rings is 1. The van der Waals surface area contributed by atoms with Crippen molar-refractivity contribution >= 4 is 17.6 Å². The highest BCUT2D eigenvalue weighted by Crippen LogP contribution is 2.25. The number of nitrogens with two attached hydrogens (primary N) is 1. The van der Waals surface area contributed by atoms with Gasteiger partial charge in [-0.25, -0.2) is 4.98 Å². The van der Waals surface area contributed by atoms with Crippen LogP contribution in [0.2, 0.25) is 0 Å². The molecule has 2 aromatic heterocycles. The van der Waals surface area contributed by atoms with Crippen molar-refractivity contribution in [2.45, 2.75) is 19.4 Å². The number of aromatic nitrogens is 3. The SMILES string of the molecule is Cc1ccccc1-c1ccc(C(=O)N2CC[C@@H](NC(=O)c3cc(-c4cnn(C)c4)cnc3N)C2)cc1. The molecule has 8 nitrogen and oxygen atoms in total. The van der Waals surface area contributed by atoms with Gasteiger partial charge in [0.05, 0.1) is 11.8 Å². The molecule has 182 valence electrons. The standard InChI is InChI=1S/C28H28N6O2/c1-18-5-3-4-6-24(18)19-7-9-20(10-8-19)28(36)34-12-11-23(17-34)32-27(35)25-13-21(14-30-26(25)29)22-15-31-33(2)16-22/h3-10,13-16,23H,11-12,17H2,1-2H3,(H2,29,30)(H,32,35)/t23-/m1/s1. The van der Waals surface area contributed by atoms with Gasteiger partial charge in [0, 0.05) is 55.3 Å². The van der Waals surface area contributed by atoms with Gasteiger partial charge in [-0.1, -0.05) is 36.4 Å². The van der Waals surface area contributed by atoms with E-state index in [-0.39, 0.29) is 23.7 Å². The van der Waals surface area contributed by atoms with Crippen LogP contribution in [0.4, 0.5) is 5.82 Å². The Balaban J connectivity index is 1.23. The van der Waals surface area contributed by atoms with Crippen LogP contribution in [0.15, 0.2) is 73.2 Å². The fourth-order valence-corrected chi connectivity index (χ4v) is 4.58. The zero-order chi connectivity index (χ0) is 25.2. The summed E-state index contributed by atoms with van der Waals surface area (Å²) in [7, 11) is 1.83. The number of benzene rings is 2. The van der Waals surface area contributed by atoms with Crippen LogP contribution in [-0.4, -0.2) is 50.6 Å². The van der Waals surface area contributed by atoms with Crippen LogP contribution in [0, 0.1) is 6.92 Å². The Labute approximate surface area is 209 Å². The summed E-state index contributed by atoms with van der Waals surface area (Å²) in [6, 6.07) is 17.4. The number of carbonyl (C=O) groups is 2. The Morgan fingerprint density at radius 1 is 1.03 bits per heavy atom. The van der Waals surface area contributed by atoms with Gasteiger partial charge >= 0.3 is 0 Å². The van der Waals surface area contributed by atoms with E-state index in [1.165, 1.54) is 5.56 Å². The molecular weight excluding hydrogens is 452 g/mol. The van der Waals surface area contributed by atoms with Gasteiger partial charge in [-0.3, -0.25) is 14.3 Å². The second-order valence-corrected chi connectivity index (χ2v) is 9.16. The molecule has 36 heavy (non-hydrogen) atoms. The first-order valence-electron chi connectivity index (χ1n) is 11.9. The number of carbonyl (C=O) groups excluding carboxylic acids is 2. The zero-order valence-electron chi connectivity index (χ0n) is 20.3. The predicted octanol–water partition coefficient (Wildman–Crippen LogP) is 3.68. The predicted molar refractivity (Wildman–Crippen MR) is 139 cm³/mol. The summed E-state index contributed by atoms with van der Waals surface area (Å²) >= 11 is 0. The summed E-state index contributed by atoms with van der Waals surface area (Å²) in [6.07, 6.45) is 5.86. The van der Waals surface area contributed by atoms with Gasteiger partial charge in [-0.2, -0.15) is 5.10 Å². The van der Waals surface area contributed by atoms with E-state index in [1.54, 1.807) is 28.0 Å². The van der Waals surface area contributed by atoms with Crippen molar-refractivity contribution in [2.24, 2.45) is 7.05 Å². The van der Waals surface area contributed by atoms with Crippen LogP contribution in [-0.2, 0) is 7.05 Å². The summed E-state index contributed by atoms with van der Waals surface area (Å²) in [5.41, 5.74) is 12.0. The minimum absolute atomic E-state index is 0.0390. The van der Waals surface area contributed by atoms with Crippen LogP contribution in [0.1, 0.15) is 32.7 Å². The van der Waals surface area contributed by atoms with Crippen molar-refractivity contribution in [1.82, 2.24) is 25.0 Å². The first-order valence-corrected chi connectivity index (χ1v) is 11.9. The number of amides is 2. The molecule has 1 aliphatic rings.